The van der Waals surface area contributed by atoms with Gasteiger partial charge in [-0.2, -0.15) is 0 Å². The van der Waals surface area contributed by atoms with Gasteiger partial charge >= 0.3 is 0 Å². The molecule has 0 aliphatic heterocycles. The summed E-state index contributed by atoms with van der Waals surface area (Å²) < 4.78 is 7.10. The van der Waals surface area contributed by atoms with Crippen LogP contribution in [0.25, 0.3) is 0 Å². The second kappa shape index (κ2) is 5.64. The van der Waals surface area contributed by atoms with Crippen molar-refractivity contribution in [3.05, 3.63) is 42.1 Å². The standard InChI is InChI=1S/C13H18N4O/c1-10(14)6-12-8-17(9-15-12)7-11-4-3-5-13(16-11)18-2/h3-5,8-10H,6-7,14H2,1-2H3. The van der Waals surface area contributed by atoms with Crippen LogP contribution in [0.15, 0.2) is 30.7 Å². The van der Waals surface area contributed by atoms with Crippen LogP contribution < -0.4 is 10.5 Å². The van der Waals surface area contributed by atoms with Crippen molar-refractivity contribution in [2.45, 2.75) is 25.9 Å². The summed E-state index contributed by atoms with van der Waals surface area (Å²) in [4.78, 5) is 8.68. The summed E-state index contributed by atoms with van der Waals surface area (Å²) in [6, 6.07) is 5.86. The van der Waals surface area contributed by atoms with Crippen molar-refractivity contribution in [3.8, 4) is 5.88 Å². The average Bonchev–Trinajstić information content (AvgIpc) is 2.76. The number of rotatable bonds is 5. The molecule has 0 fully saturated rings. The molecule has 2 aromatic rings. The Morgan fingerprint density at radius 1 is 1.39 bits per heavy atom. The molecule has 0 saturated heterocycles. The van der Waals surface area contributed by atoms with Crippen LogP contribution in [0.5, 0.6) is 5.88 Å². The highest BCUT2D eigenvalue weighted by Gasteiger charge is 2.03. The van der Waals surface area contributed by atoms with Crippen molar-refractivity contribution >= 4 is 0 Å². The molecule has 0 aromatic carbocycles. The van der Waals surface area contributed by atoms with Crippen molar-refractivity contribution in [3.63, 3.8) is 0 Å². The molecule has 0 spiro atoms. The van der Waals surface area contributed by atoms with E-state index in [1.54, 1.807) is 13.4 Å². The molecule has 1 unspecified atom stereocenters. The smallest absolute Gasteiger partial charge is 0.213 e. The Labute approximate surface area is 107 Å². The Bertz CT molecular complexity index is 507. The second-order valence-corrected chi connectivity index (χ2v) is 4.39. The molecule has 1 atom stereocenters. The van der Waals surface area contributed by atoms with E-state index in [1.807, 2.05) is 35.9 Å². The molecule has 0 radical (unpaired) electrons. The number of hydrogen-bond donors (Lipinski definition) is 1. The summed E-state index contributed by atoms with van der Waals surface area (Å²) in [5, 5.41) is 0. The van der Waals surface area contributed by atoms with Gasteiger partial charge < -0.3 is 15.0 Å². The fourth-order valence-electron chi connectivity index (χ4n) is 1.77. The maximum atomic E-state index is 5.75. The molecule has 2 N–H and O–H groups in total. The minimum atomic E-state index is 0.128. The number of methoxy groups -OCH3 is 1. The van der Waals surface area contributed by atoms with Crippen LogP contribution in [-0.4, -0.2) is 27.7 Å². The zero-order valence-corrected chi connectivity index (χ0v) is 10.7. The van der Waals surface area contributed by atoms with Gasteiger partial charge in [-0.05, 0) is 13.0 Å². The molecule has 5 heteroatoms. The predicted octanol–water partition coefficient (Wildman–Crippen LogP) is 1.22. The number of nitrogens with zero attached hydrogens (tertiary/aromatic N) is 3. The van der Waals surface area contributed by atoms with Gasteiger partial charge in [0.2, 0.25) is 5.88 Å². The molecular formula is C13H18N4O. The minimum absolute atomic E-state index is 0.128. The second-order valence-electron chi connectivity index (χ2n) is 4.39. The van der Waals surface area contributed by atoms with E-state index in [4.69, 9.17) is 10.5 Å². The molecule has 0 aliphatic rings. The zero-order valence-electron chi connectivity index (χ0n) is 10.7. The van der Waals surface area contributed by atoms with Crippen LogP contribution >= 0.6 is 0 Å². The minimum Gasteiger partial charge on any atom is -0.481 e. The molecule has 0 saturated carbocycles. The Morgan fingerprint density at radius 2 is 2.22 bits per heavy atom. The van der Waals surface area contributed by atoms with Gasteiger partial charge in [0.15, 0.2) is 0 Å². The highest BCUT2D eigenvalue weighted by atomic mass is 16.5. The summed E-state index contributed by atoms with van der Waals surface area (Å²) in [6.45, 7) is 2.66. The summed E-state index contributed by atoms with van der Waals surface area (Å²) in [7, 11) is 1.62. The number of hydrogen-bond acceptors (Lipinski definition) is 4. The van der Waals surface area contributed by atoms with E-state index in [-0.39, 0.29) is 6.04 Å². The van der Waals surface area contributed by atoms with E-state index in [1.165, 1.54) is 0 Å². The SMILES string of the molecule is COc1cccc(Cn2cnc(CC(C)N)c2)n1. The number of nitrogens with two attached hydrogens (primary N) is 1. The third-order valence-electron chi connectivity index (χ3n) is 2.55. The van der Waals surface area contributed by atoms with Crippen LogP contribution in [0.1, 0.15) is 18.3 Å². The lowest BCUT2D eigenvalue weighted by molar-refractivity contribution is 0.396. The zero-order chi connectivity index (χ0) is 13.0. The molecule has 0 aliphatic carbocycles. The quantitative estimate of drug-likeness (QED) is 0.861. The predicted molar refractivity (Wildman–Crippen MR) is 69.5 cm³/mol. The number of aromatic nitrogens is 3. The average molecular weight is 246 g/mol. The van der Waals surface area contributed by atoms with E-state index in [0.717, 1.165) is 17.8 Å². The fourth-order valence-corrected chi connectivity index (χ4v) is 1.77. The van der Waals surface area contributed by atoms with Gasteiger partial charge in [-0.15, -0.1) is 0 Å². The molecule has 2 heterocycles. The third-order valence-corrected chi connectivity index (χ3v) is 2.55. The monoisotopic (exact) mass is 246 g/mol. The summed E-state index contributed by atoms with van der Waals surface area (Å²) in [6.07, 6.45) is 4.60. The first-order valence-corrected chi connectivity index (χ1v) is 5.93. The van der Waals surface area contributed by atoms with Crippen molar-refractivity contribution in [2.75, 3.05) is 7.11 Å². The van der Waals surface area contributed by atoms with Gasteiger partial charge in [0.1, 0.15) is 0 Å². The van der Waals surface area contributed by atoms with Gasteiger partial charge in [-0.3, -0.25) is 0 Å². The number of imidazole rings is 1. The van der Waals surface area contributed by atoms with Crippen LogP contribution in [0.2, 0.25) is 0 Å². The topological polar surface area (TPSA) is 66.0 Å². The van der Waals surface area contributed by atoms with Crippen molar-refractivity contribution in [2.24, 2.45) is 5.73 Å². The van der Waals surface area contributed by atoms with Crippen LogP contribution in [0.4, 0.5) is 0 Å². The van der Waals surface area contributed by atoms with E-state index >= 15 is 0 Å². The van der Waals surface area contributed by atoms with Gasteiger partial charge in [0, 0.05) is 24.7 Å². The molecular weight excluding hydrogens is 228 g/mol. The van der Waals surface area contributed by atoms with E-state index in [2.05, 4.69) is 9.97 Å². The van der Waals surface area contributed by atoms with Crippen LogP contribution in [0.3, 0.4) is 0 Å². The number of pyridine rings is 1. The Balaban J connectivity index is 2.06. The Hall–Kier alpha value is -1.88. The van der Waals surface area contributed by atoms with E-state index in [0.29, 0.717) is 12.4 Å². The molecule has 0 amide bonds. The van der Waals surface area contributed by atoms with Gasteiger partial charge in [0.25, 0.3) is 0 Å². The first kappa shape index (κ1) is 12.6. The maximum absolute atomic E-state index is 5.75. The lowest BCUT2D eigenvalue weighted by Crippen LogP contribution is -2.17. The van der Waals surface area contributed by atoms with Gasteiger partial charge in [0.05, 0.1) is 31.4 Å². The largest absolute Gasteiger partial charge is 0.481 e. The summed E-state index contributed by atoms with van der Waals surface area (Å²) >= 11 is 0. The van der Waals surface area contributed by atoms with Gasteiger partial charge in [-0.1, -0.05) is 6.07 Å². The molecule has 2 rings (SSSR count). The Kier molecular flexibility index (Phi) is 3.94. The first-order valence-electron chi connectivity index (χ1n) is 5.93. The van der Waals surface area contributed by atoms with Gasteiger partial charge in [-0.25, -0.2) is 9.97 Å². The van der Waals surface area contributed by atoms with E-state index in [9.17, 15) is 0 Å². The summed E-state index contributed by atoms with van der Waals surface area (Å²) in [5.41, 5.74) is 7.70. The lowest BCUT2D eigenvalue weighted by Gasteiger charge is -2.04. The molecule has 2 aromatic heterocycles. The van der Waals surface area contributed by atoms with Crippen molar-refractivity contribution in [1.82, 2.24) is 14.5 Å². The highest BCUT2D eigenvalue weighted by molar-refractivity contribution is 5.16. The van der Waals surface area contributed by atoms with Crippen LogP contribution in [-0.2, 0) is 13.0 Å². The molecule has 96 valence electrons. The summed E-state index contributed by atoms with van der Waals surface area (Å²) in [5.74, 6) is 0.628. The number of ether oxygens (including phenoxy) is 1. The molecule has 18 heavy (non-hydrogen) atoms. The normalized spacial score (nSPS) is 12.4. The maximum Gasteiger partial charge on any atom is 0.213 e. The van der Waals surface area contributed by atoms with Crippen molar-refractivity contribution < 1.29 is 4.74 Å². The van der Waals surface area contributed by atoms with E-state index < -0.39 is 0 Å². The lowest BCUT2D eigenvalue weighted by atomic mass is 10.2. The fraction of sp³-hybridized carbons (Fsp3) is 0.385. The highest BCUT2D eigenvalue weighted by Crippen LogP contribution is 2.08. The first-order chi connectivity index (χ1) is 8.67. The molecule has 0 bridgehead atoms. The van der Waals surface area contributed by atoms with Crippen LogP contribution in [0, 0.1) is 0 Å². The molecule has 5 nitrogen and oxygen atoms in total. The Morgan fingerprint density at radius 3 is 2.94 bits per heavy atom. The third kappa shape index (κ3) is 3.30. The van der Waals surface area contributed by atoms with Crippen molar-refractivity contribution in [1.29, 1.82) is 0 Å².